The largest absolute Gasteiger partial charge is 0.507 e. The molecule has 25 heavy (non-hydrogen) atoms. The fourth-order valence-electron chi connectivity index (χ4n) is 2.65. The highest BCUT2D eigenvalue weighted by atomic mass is 32.2. The molecule has 1 heterocycles. The maximum Gasteiger partial charge on any atom is 0.207 e. The molecule has 1 aromatic heterocycles. The van der Waals surface area contributed by atoms with Crippen LogP contribution in [0.15, 0.2) is 97.9 Å². The van der Waals surface area contributed by atoms with Crippen LogP contribution in [0.3, 0.4) is 0 Å². The Hall–Kier alpha value is -2.98. The van der Waals surface area contributed by atoms with Crippen molar-refractivity contribution in [1.82, 2.24) is 0 Å². The van der Waals surface area contributed by atoms with Crippen LogP contribution in [0.4, 0.5) is 0 Å². The van der Waals surface area contributed by atoms with Gasteiger partial charge in [-0.15, -0.1) is 0 Å². The fourth-order valence-corrected chi connectivity index (χ4v) is 3.64. The Morgan fingerprint density at radius 3 is 2.28 bits per heavy atom. The van der Waals surface area contributed by atoms with Gasteiger partial charge in [0, 0.05) is 5.56 Å². The Labute approximate surface area is 148 Å². The van der Waals surface area contributed by atoms with Gasteiger partial charge in [0.15, 0.2) is 5.76 Å². The molecule has 0 radical (unpaired) electrons. The summed E-state index contributed by atoms with van der Waals surface area (Å²) in [5.74, 6) is 0.650. The molecule has 4 heteroatoms. The molecule has 0 aliphatic rings. The second-order valence-corrected chi connectivity index (χ2v) is 6.57. The van der Waals surface area contributed by atoms with Crippen molar-refractivity contribution in [2.45, 2.75) is 9.79 Å². The van der Waals surface area contributed by atoms with Crippen molar-refractivity contribution in [3.05, 3.63) is 89.1 Å². The molecule has 4 aromatic rings. The SMILES string of the molecule is O=c1c(Sc2ccccc2O)c(-c2ccccc2)oc2ccccc12. The molecule has 4 rings (SSSR count). The first-order valence-corrected chi connectivity index (χ1v) is 8.63. The smallest absolute Gasteiger partial charge is 0.207 e. The summed E-state index contributed by atoms with van der Waals surface area (Å²) in [7, 11) is 0. The van der Waals surface area contributed by atoms with E-state index in [9.17, 15) is 9.90 Å². The van der Waals surface area contributed by atoms with E-state index in [1.165, 1.54) is 11.8 Å². The van der Waals surface area contributed by atoms with Gasteiger partial charge >= 0.3 is 0 Å². The average Bonchev–Trinajstić information content (AvgIpc) is 2.66. The van der Waals surface area contributed by atoms with E-state index in [1.54, 1.807) is 30.3 Å². The van der Waals surface area contributed by atoms with Gasteiger partial charge in [0.25, 0.3) is 0 Å². The second-order valence-electron chi connectivity index (χ2n) is 5.52. The van der Waals surface area contributed by atoms with Crippen molar-refractivity contribution in [2.24, 2.45) is 0 Å². The van der Waals surface area contributed by atoms with Gasteiger partial charge in [0.2, 0.25) is 5.43 Å². The molecule has 3 nitrogen and oxygen atoms in total. The highest BCUT2D eigenvalue weighted by Crippen LogP contribution is 2.38. The first-order chi connectivity index (χ1) is 12.2. The van der Waals surface area contributed by atoms with Crippen molar-refractivity contribution in [3.63, 3.8) is 0 Å². The number of phenols is 1. The van der Waals surface area contributed by atoms with Crippen LogP contribution in [0.2, 0.25) is 0 Å². The van der Waals surface area contributed by atoms with E-state index in [0.717, 1.165) is 5.56 Å². The van der Waals surface area contributed by atoms with Crippen molar-refractivity contribution in [1.29, 1.82) is 0 Å². The second kappa shape index (κ2) is 6.49. The van der Waals surface area contributed by atoms with Gasteiger partial charge < -0.3 is 9.52 Å². The van der Waals surface area contributed by atoms with E-state index in [4.69, 9.17) is 4.42 Å². The summed E-state index contributed by atoms with van der Waals surface area (Å²) in [6.07, 6.45) is 0. The third kappa shape index (κ3) is 2.92. The van der Waals surface area contributed by atoms with Crippen molar-refractivity contribution in [2.75, 3.05) is 0 Å². The lowest BCUT2D eigenvalue weighted by Crippen LogP contribution is -2.06. The number of hydrogen-bond acceptors (Lipinski definition) is 4. The molecule has 0 aliphatic carbocycles. The molecule has 0 spiro atoms. The minimum absolute atomic E-state index is 0.103. The predicted molar refractivity (Wildman–Crippen MR) is 100 cm³/mol. The van der Waals surface area contributed by atoms with Crippen LogP contribution in [0.1, 0.15) is 0 Å². The van der Waals surface area contributed by atoms with E-state index in [1.807, 2.05) is 48.5 Å². The summed E-state index contributed by atoms with van der Waals surface area (Å²) in [6, 6.07) is 23.7. The minimum Gasteiger partial charge on any atom is -0.507 e. The van der Waals surface area contributed by atoms with Gasteiger partial charge in [0.1, 0.15) is 16.2 Å². The number of hydrogen-bond donors (Lipinski definition) is 1. The molecule has 0 saturated carbocycles. The number of benzene rings is 3. The summed E-state index contributed by atoms with van der Waals surface area (Å²) in [5.41, 5.74) is 1.27. The Bertz CT molecular complexity index is 1100. The summed E-state index contributed by atoms with van der Waals surface area (Å²) in [5, 5.41) is 10.6. The molecule has 0 aliphatic heterocycles. The molecule has 122 valence electrons. The summed E-state index contributed by atoms with van der Waals surface area (Å²) in [6.45, 7) is 0. The molecule has 0 amide bonds. The van der Waals surface area contributed by atoms with Gasteiger partial charge in [-0.25, -0.2) is 0 Å². The molecule has 3 aromatic carbocycles. The Morgan fingerprint density at radius 2 is 1.48 bits per heavy atom. The topological polar surface area (TPSA) is 50.4 Å². The lowest BCUT2D eigenvalue weighted by atomic mass is 10.1. The Balaban J connectivity index is 1.99. The quantitative estimate of drug-likeness (QED) is 0.546. The van der Waals surface area contributed by atoms with Crippen LogP contribution < -0.4 is 5.43 Å². The van der Waals surface area contributed by atoms with Crippen LogP contribution in [0.5, 0.6) is 5.75 Å². The van der Waals surface area contributed by atoms with E-state index in [2.05, 4.69) is 0 Å². The van der Waals surface area contributed by atoms with Crippen LogP contribution in [0, 0.1) is 0 Å². The number of para-hydroxylation sites is 2. The van der Waals surface area contributed by atoms with Gasteiger partial charge in [-0.3, -0.25) is 4.79 Å². The van der Waals surface area contributed by atoms with E-state index in [-0.39, 0.29) is 11.2 Å². The highest BCUT2D eigenvalue weighted by molar-refractivity contribution is 7.99. The molecular weight excluding hydrogens is 332 g/mol. The van der Waals surface area contributed by atoms with E-state index >= 15 is 0 Å². The van der Waals surface area contributed by atoms with Crippen LogP contribution in [0.25, 0.3) is 22.3 Å². The van der Waals surface area contributed by atoms with Gasteiger partial charge in [-0.2, -0.15) is 0 Å². The summed E-state index contributed by atoms with van der Waals surface area (Å²) in [4.78, 5) is 14.2. The number of rotatable bonds is 3. The Morgan fingerprint density at radius 1 is 0.800 bits per heavy atom. The summed E-state index contributed by atoms with van der Waals surface area (Å²) < 4.78 is 6.07. The van der Waals surface area contributed by atoms with Gasteiger partial charge in [-0.05, 0) is 24.3 Å². The molecule has 0 atom stereocenters. The zero-order chi connectivity index (χ0) is 17.2. The monoisotopic (exact) mass is 346 g/mol. The molecule has 0 fully saturated rings. The van der Waals surface area contributed by atoms with Crippen LogP contribution >= 0.6 is 11.8 Å². The van der Waals surface area contributed by atoms with Gasteiger partial charge in [-0.1, -0.05) is 66.4 Å². The van der Waals surface area contributed by atoms with Crippen molar-refractivity contribution in [3.8, 4) is 17.1 Å². The van der Waals surface area contributed by atoms with E-state index < -0.39 is 0 Å². The molecule has 0 saturated heterocycles. The third-order valence-electron chi connectivity index (χ3n) is 3.87. The average molecular weight is 346 g/mol. The highest BCUT2D eigenvalue weighted by Gasteiger charge is 2.18. The minimum atomic E-state index is -0.103. The molecule has 0 bridgehead atoms. The maximum absolute atomic E-state index is 13.1. The summed E-state index contributed by atoms with van der Waals surface area (Å²) >= 11 is 1.22. The predicted octanol–water partition coefficient (Wildman–Crippen LogP) is 5.32. The fraction of sp³-hybridized carbons (Fsp3) is 0. The zero-order valence-corrected chi connectivity index (χ0v) is 14.0. The maximum atomic E-state index is 13.1. The van der Waals surface area contributed by atoms with E-state index in [0.29, 0.717) is 26.5 Å². The lowest BCUT2D eigenvalue weighted by Gasteiger charge is -2.10. The van der Waals surface area contributed by atoms with Gasteiger partial charge in [0.05, 0.1) is 10.3 Å². The first kappa shape index (κ1) is 15.5. The zero-order valence-electron chi connectivity index (χ0n) is 13.2. The number of phenolic OH excluding ortho intramolecular Hbond substituents is 1. The molecule has 1 N–H and O–H groups in total. The van der Waals surface area contributed by atoms with Crippen LogP contribution in [-0.2, 0) is 0 Å². The third-order valence-corrected chi connectivity index (χ3v) is 5.01. The lowest BCUT2D eigenvalue weighted by molar-refractivity contribution is 0.462. The van der Waals surface area contributed by atoms with Crippen molar-refractivity contribution >= 4 is 22.7 Å². The van der Waals surface area contributed by atoms with Crippen LogP contribution in [-0.4, -0.2) is 5.11 Å². The van der Waals surface area contributed by atoms with Crippen molar-refractivity contribution < 1.29 is 9.52 Å². The molecular formula is C21H14O3S. The number of fused-ring (bicyclic) bond motifs is 1. The standard InChI is InChI=1S/C21H14O3S/c22-16-11-5-7-13-18(16)25-21-19(23)15-10-4-6-12-17(15)24-20(21)14-8-2-1-3-9-14/h1-13,22H. The normalized spacial score (nSPS) is 10.9. The first-order valence-electron chi connectivity index (χ1n) is 7.81. The Kier molecular flexibility index (Phi) is 4.04. The number of aromatic hydroxyl groups is 1. The molecule has 0 unspecified atom stereocenters.